The van der Waals surface area contributed by atoms with Crippen molar-refractivity contribution in [2.75, 3.05) is 25.1 Å². The highest BCUT2D eigenvalue weighted by Crippen LogP contribution is 2.36. The number of benzene rings is 1. The Morgan fingerprint density at radius 2 is 1.82 bits per heavy atom. The van der Waals surface area contributed by atoms with E-state index in [1.165, 1.54) is 6.07 Å². The van der Waals surface area contributed by atoms with Crippen LogP contribution in [0, 0.1) is 12.5 Å². The zero-order chi connectivity index (χ0) is 27.0. The summed E-state index contributed by atoms with van der Waals surface area (Å²) in [5.74, 6) is 0.511. The van der Waals surface area contributed by atoms with Crippen molar-refractivity contribution >= 4 is 22.5 Å². The van der Waals surface area contributed by atoms with Crippen LogP contribution in [0.3, 0.4) is 0 Å². The Morgan fingerprint density at radius 1 is 1.05 bits per heavy atom. The van der Waals surface area contributed by atoms with Gasteiger partial charge in [-0.05, 0) is 55.8 Å². The molecule has 1 saturated heterocycles. The number of halogens is 1. The number of pyridine rings is 3. The molecule has 1 unspecified atom stereocenters. The minimum absolute atomic E-state index is 0.00536. The summed E-state index contributed by atoms with van der Waals surface area (Å²) in [5.41, 5.74) is 3.52. The smallest absolute Gasteiger partial charge is 0.270 e. The average Bonchev–Trinajstić information content (AvgIpc) is 2.93. The molecule has 1 aromatic carbocycles. The van der Waals surface area contributed by atoms with E-state index in [4.69, 9.17) is 11.3 Å². The minimum Gasteiger partial charge on any atom is -0.497 e. The summed E-state index contributed by atoms with van der Waals surface area (Å²) in [6.07, 6.45) is 0. The van der Waals surface area contributed by atoms with Crippen molar-refractivity contribution < 1.29 is 9.13 Å². The van der Waals surface area contributed by atoms with Gasteiger partial charge in [0, 0.05) is 38.3 Å². The lowest BCUT2D eigenvalue weighted by molar-refractivity contribution is 0.127. The van der Waals surface area contributed by atoms with E-state index >= 15 is 0 Å². The number of piperazine rings is 1. The lowest BCUT2D eigenvalue weighted by atomic mass is 9.96. The fraction of sp³-hybridized carbons (Fsp3) is 0.310. The van der Waals surface area contributed by atoms with Crippen molar-refractivity contribution in [3.63, 3.8) is 0 Å². The Labute approximate surface area is 220 Å². The Hall–Kier alpha value is -4.29. The molecule has 0 N–H and O–H groups in total. The summed E-state index contributed by atoms with van der Waals surface area (Å²) < 4.78 is 21.1. The first-order valence-corrected chi connectivity index (χ1v) is 12.5. The van der Waals surface area contributed by atoms with Gasteiger partial charge in [0.15, 0.2) is 0 Å². The minimum atomic E-state index is -0.520. The predicted molar refractivity (Wildman–Crippen MR) is 145 cm³/mol. The maximum absolute atomic E-state index is 14.2. The number of ether oxygens (including phenoxy) is 1. The van der Waals surface area contributed by atoms with Crippen molar-refractivity contribution in [1.82, 2.24) is 19.4 Å². The second-order valence-electron chi connectivity index (χ2n) is 9.68. The van der Waals surface area contributed by atoms with Crippen LogP contribution in [0.15, 0.2) is 65.5 Å². The number of nitrogens with zero attached hydrogens (tertiary/aromatic N) is 6. The van der Waals surface area contributed by atoms with Gasteiger partial charge in [-0.1, -0.05) is 24.8 Å². The summed E-state index contributed by atoms with van der Waals surface area (Å²) in [6, 6.07) is 17.4. The van der Waals surface area contributed by atoms with Gasteiger partial charge in [-0.2, -0.15) is 4.39 Å². The van der Waals surface area contributed by atoms with Crippen molar-refractivity contribution in [1.29, 1.82) is 0 Å². The van der Waals surface area contributed by atoms with Crippen LogP contribution in [0.4, 0.5) is 15.9 Å². The third-order valence-electron chi connectivity index (χ3n) is 7.29. The molecule has 0 spiro atoms. The highest BCUT2D eigenvalue weighted by Gasteiger charge is 2.37. The first-order chi connectivity index (χ1) is 18.3. The topological polar surface area (TPSA) is 67.9 Å². The standard InChI is InChI=1S/C29H29FN6O2/c1-18-17-36(29(22-7-6-8-25(30)32-22)20-9-11-21(38-5)12-10-20)19(2)16-35(18)24-15-27(37)34(4)23-13-14-26(31-3)33-28(23)24/h6-15,18-19,29H,16-17H2,1-2,4-5H3/t18-,19+,29?/m0/s1. The molecular weight excluding hydrogens is 483 g/mol. The number of hydrogen-bond acceptors (Lipinski definition) is 6. The quantitative estimate of drug-likeness (QED) is 0.285. The van der Waals surface area contributed by atoms with Crippen molar-refractivity contribution in [3.05, 3.63) is 99.6 Å². The average molecular weight is 513 g/mol. The number of rotatable bonds is 5. The van der Waals surface area contributed by atoms with E-state index in [1.807, 2.05) is 30.3 Å². The van der Waals surface area contributed by atoms with Crippen LogP contribution in [-0.4, -0.2) is 51.7 Å². The molecule has 1 aliphatic rings. The van der Waals surface area contributed by atoms with Gasteiger partial charge in [0.05, 0.1) is 30.0 Å². The number of aryl methyl sites for hydroxylation is 1. The van der Waals surface area contributed by atoms with E-state index in [0.29, 0.717) is 29.8 Å². The molecule has 1 aliphatic heterocycles. The third kappa shape index (κ3) is 4.59. The summed E-state index contributed by atoms with van der Waals surface area (Å²) in [4.78, 5) is 29.7. The molecule has 3 atom stereocenters. The fourth-order valence-electron chi connectivity index (χ4n) is 5.33. The number of fused-ring (bicyclic) bond motifs is 1. The van der Waals surface area contributed by atoms with Gasteiger partial charge in [-0.3, -0.25) is 9.69 Å². The lowest BCUT2D eigenvalue weighted by Crippen LogP contribution is -2.57. The number of hydrogen-bond donors (Lipinski definition) is 0. The Bertz CT molecular complexity index is 1580. The number of aromatic nitrogens is 3. The molecule has 0 radical (unpaired) electrons. The Balaban J connectivity index is 1.55. The number of anilines is 1. The molecule has 0 saturated carbocycles. The molecule has 9 heteroatoms. The maximum atomic E-state index is 14.2. The fourth-order valence-corrected chi connectivity index (χ4v) is 5.33. The van der Waals surface area contributed by atoms with E-state index in [2.05, 4.69) is 38.5 Å². The van der Waals surface area contributed by atoms with Crippen LogP contribution in [-0.2, 0) is 7.05 Å². The highest BCUT2D eigenvalue weighted by molar-refractivity contribution is 5.89. The predicted octanol–water partition coefficient (Wildman–Crippen LogP) is 4.72. The van der Waals surface area contributed by atoms with E-state index in [1.54, 1.807) is 43.0 Å². The molecule has 38 heavy (non-hydrogen) atoms. The van der Waals surface area contributed by atoms with E-state index in [9.17, 15) is 9.18 Å². The van der Waals surface area contributed by atoms with Crippen molar-refractivity contribution in [3.8, 4) is 5.75 Å². The molecule has 0 aliphatic carbocycles. The molecule has 0 bridgehead atoms. The second-order valence-corrected chi connectivity index (χ2v) is 9.68. The largest absolute Gasteiger partial charge is 0.497 e. The summed E-state index contributed by atoms with van der Waals surface area (Å²) >= 11 is 0. The van der Waals surface area contributed by atoms with Crippen LogP contribution in [0.1, 0.15) is 31.1 Å². The molecule has 8 nitrogen and oxygen atoms in total. The zero-order valence-electron chi connectivity index (χ0n) is 21.8. The monoisotopic (exact) mass is 512 g/mol. The van der Waals surface area contributed by atoms with Crippen LogP contribution < -0.4 is 15.2 Å². The Morgan fingerprint density at radius 3 is 2.50 bits per heavy atom. The summed E-state index contributed by atoms with van der Waals surface area (Å²) in [6.45, 7) is 12.9. The van der Waals surface area contributed by atoms with Gasteiger partial charge in [-0.25, -0.2) is 4.98 Å². The van der Waals surface area contributed by atoms with Crippen molar-refractivity contribution in [2.45, 2.75) is 32.0 Å². The molecule has 4 aromatic rings. The summed E-state index contributed by atoms with van der Waals surface area (Å²) in [5, 5.41) is 0. The maximum Gasteiger partial charge on any atom is 0.270 e. The van der Waals surface area contributed by atoms with E-state index < -0.39 is 5.95 Å². The van der Waals surface area contributed by atoms with Crippen molar-refractivity contribution in [2.24, 2.45) is 7.05 Å². The molecule has 0 amide bonds. The molecule has 1 fully saturated rings. The van der Waals surface area contributed by atoms with Gasteiger partial charge >= 0.3 is 0 Å². The lowest BCUT2D eigenvalue weighted by Gasteiger charge is -2.48. The molecule has 5 rings (SSSR count). The summed E-state index contributed by atoms with van der Waals surface area (Å²) in [7, 11) is 3.34. The van der Waals surface area contributed by atoms with Crippen LogP contribution in [0.25, 0.3) is 15.9 Å². The first-order valence-electron chi connectivity index (χ1n) is 12.5. The molecule has 194 valence electrons. The van der Waals surface area contributed by atoms with Crippen LogP contribution in [0.2, 0.25) is 0 Å². The van der Waals surface area contributed by atoms with Gasteiger partial charge in [0.25, 0.3) is 11.4 Å². The SMILES string of the molecule is [C-]#[N+]c1ccc2c(n1)c(N1C[C@@H](C)N(C(c3ccc(OC)cc3)c3cccc(F)n3)C[C@@H]1C)cc(=O)n2C. The van der Waals surface area contributed by atoms with Crippen LogP contribution >= 0.6 is 0 Å². The highest BCUT2D eigenvalue weighted by atomic mass is 19.1. The van der Waals surface area contributed by atoms with Gasteiger partial charge in [0.1, 0.15) is 5.75 Å². The van der Waals surface area contributed by atoms with Gasteiger partial charge in [0.2, 0.25) is 11.5 Å². The molecule has 3 aromatic heterocycles. The van der Waals surface area contributed by atoms with E-state index in [-0.39, 0.29) is 29.5 Å². The van der Waals surface area contributed by atoms with E-state index in [0.717, 1.165) is 17.0 Å². The third-order valence-corrected chi connectivity index (χ3v) is 7.29. The normalized spacial score (nSPS) is 18.8. The molecular formula is C29H29FN6O2. The zero-order valence-corrected chi connectivity index (χ0v) is 21.8. The number of methoxy groups -OCH3 is 1. The van der Waals surface area contributed by atoms with Gasteiger partial charge < -0.3 is 19.0 Å². The van der Waals surface area contributed by atoms with Gasteiger partial charge in [-0.15, -0.1) is 4.98 Å². The van der Waals surface area contributed by atoms with Crippen LogP contribution in [0.5, 0.6) is 5.75 Å². The second kappa shape index (κ2) is 10.2. The molecule has 4 heterocycles. The first kappa shape index (κ1) is 25.4. The Kier molecular flexibility index (Phi) is 6.83.